The summed E-state index contributed by atoms with van der Waals surface area (Å²) in [4.78, 5) is 13.8. The lowest BCUT2D eigenvalue weighted by Gasteiger charge is -2.34. The van der Waals surface area contributed by atoms with Gasteiger partial charge >= 0.3 is 0 Å². The van der Waals surface area contributed by atoms with Crippen LogP contribution in [0.3, 0.4) is 0 Å². The van der Waals surface area contributed by atoms with Crippen molar-refractivity contribution < 1.29 is 23.7 Å². The number of carbonyl (C=O) groups excluding carboxylic acids is 1. The Morgan fingerprint density at radius 1 is 1.13 bits per heavy atom. The summed E-state index contributed by atoms with van der Waals surface area (Å²) >= 11 is 6.62. The fourth-order valence-corrected chi connectivity index (χ4v) is 4.01. The van der Waals surface area contributed by atoms with Crippen LogP contribution in [0.1, 0.15) is 62.4 Å². The second-order valence-corrected chi connectivity index (χ2v) is 8.11. The van der Waals surface area contributed by atoms with Crippen LogP contribution in [0.15, 0.2) is 28.3 Å². The first-order chi connectivity index (χ1) is 14.2. The molecule has 1 aliphatic carbocycles. The van der Waals surface area contributed by atoms with Crippen molar-refractivity contribution in [1.29, 1.82) is 0 Å². The Morgan fingerprint density at radius 2 is 1.83 bits per heavy atom. The van der Waals surface area contributed by atoms with Crippen molar-refractivity contribution in [2.24, 2.45) is 0 Å². The van der Waals surface area contributed by atoms with Gasteiger partial charge in [0.25, 0.3) is 0 Å². The molecule has 166 valence electrons. The van der Waals surface area contributed by atoms with Gasteiger partial charge in [0.1, 0.15) is 0 Å². The van der Waals surface area contributed by atoms with Gasteiger partial charge in [0.15, 0.2) is 17.3 Å². The maximum atomic E-state index is 13.8. The summed E-state index contributed by atoms with van der Waals surface area (Å²) in [5, 5.41) is 0.415. The number of halogens is 1. The molecule has 1 aliphatic rings. The van der Waals surface area contributed by atoms with Crippen molar-refractivity contribution in [1.82, 2.24) is 0 Å². The summed E-state index contributed by atoms with van der Waals surface area (Å²) in [5.74, 6) is 1.10. The average Bonchev–Trinajstić information content (AvgIpc) is 2.73. The monoisotopic (exact) mass is 436 g/mol. The van der Waals surface area contributed by atoms with Gasteiger partial charge in [-0.15, -0.1) is 0 Å². The number of ether oxygens (including phenoxy) is 4. The van der Waals surface area contributed by atoms with Gasteiger partial charge in [-0.05, 0) is 50.8 Å². The highest BCUT2D eigenvalue weighted by Gasteiger charge is 2.40. The van der Waals surface area contributed by atoms with Crippen LogP contribution in [0.5, 0.6) is 17.2 Å². The first-order valence-electron chi connectivity index (χ1n) is 10.3. The minimum atomic E-state index is -0.826. The van der Waals surface area contributed by atoms with E-state index < -0.39 is 5.60 Å². The lowest BCUT2D eigenvalue weighted by atomic mass is 9.80. The van der Waals surface area contributed by atoms with Crippen LogP contribution in [0.2, 0.25) is 0 Å². The third kappa shape index (κ3) is 4.68. The van der Waals surface area contributed by atoms with Crippen molar-refractivity contribution in [3.05, 3.63) is 39.4 Å². The molecule has 0 aliphatic heterocycles. The molecular weight excluding hydrogens is 404 g/mol. The Kier molecular flexibility index (Phi) is 8.39. The number of ketones is 1. The molecule has 1 aromatic rings. The SMILES string of the molecule is CCCCCOc1c(OC)cc(C)c(C(=O)C2=C(Cl)C(C)=CCC2(C)OC)c1OC. The lowest BCUT2D eigenvalue weighted by molar-refractivity contribution is 0.0361. The highest BCUT2D eigenvalue weighted by Crippen LogP contribution is 2.46. The average molecular weight is 437 g/mol. The van der Waals surface area contributed by atoms with Gasteiger partial charge in [-0.25, -0.2) is 0 Å². The fourth-order valence-electron chi connectivity index (χ4n) is 3.65. The molecule has 1 aromatic carbocycles. The largest absolute Gasteiger partial charge is 0.493 e. The maximum Gasteiger partial charge on any atom is 0.204 e. The molecule has 0 spiro atoms. The zero-order chi connectivity index (χ0) is 22.5. The zero-order valence-electron chi connectivity index (χ0n) is 19.1. The molecule has 0 saturated carbocycles. The second-order valence-electron chi connectivity index (χ2n) is 7.73. The number of aryl methyl sites for hydroxylation is 1. The lowest BCUT2D eigenvalue weighted by Crippen LogP contribution is -2.36. The molecule has 0 N–H and O–H groups in total. The van der Waals surface area contributed by atoms with E-state index in [1.165, 1.54) is 7.11 Å². The molecule has 0 heterocycles. The van der Waals surface area contributed by atoms with Gasteiger partial charge in [-0.1, -0.05) is 37.4 Å². The molecule has 6 heteroatoms. The third-order valence-corrected chi connectivity index (χ3v) is 6.10. The summed E-state index contributed by atoms with van der Waals surface area (Å²) in [6, 6.07) is 1.80. The Morgan fingerprint density at radius 3 is 2.40 bits per heavy atom. The van der Waals surface area contributed by atoms with E-state index in [0.29, 0.717) is 46.4 Å². The predicted octanol–water partition coefficient (Wildman–Crippen LogP) is 6.01. The molecule has 0 saturated heterocycles. The molecule has 0 bridgehead atoms. The standard InChI is InChI=1S/C24H33ClO5/c1-8-9-10-13-30-22-17(27-5)14-16(3)18(23(22)28-6)21(26)19-20(25)15(2)11-12-24(19,4)29-7/h11,14H,8-10,12-13H2,1-7H3. The minimum Gasteiger partial charge on any atom is -0.493 e. The number of hydrogen-bond donors (Lipinski definition) is 0. The van der Waals surface area contributed by atoms with Crippen LogP contribution in [0.25, 0.3) is 0 Å². The topological polar surface area (TPSA) is 54.0 Å². The van der Waals surface area contributed by atoms with E-state index in [1.807, 2.05) is 26.8 Å². The molecule has 5 nitrogen and oxygen atoms in total. The van der Waals surface area contributed by atoms with Gasteiger partial charge < -0.3 is 18.9 Å². The van der Waals surface area contributed by atoms with Gasteiger partial charge in [0, 0.05) is 7.11 Å². The fraction of sp³-hybridized carbons (Fsp3) is 0.542. The number of rotatable bonds is 10. The summed E-state index contributed by atoms with van der Waals surface area (Å²) in [5.41, 5.74) is 1.59. The third-order valence-electron chi connectivity index (χ3n) is 5.61. The van der Waals surface area contributed by atoms with Gasteiger partial charge in [0.05, 0.1) is 42.6 Å². The minimum absolute atomic E-state index is 0.229. The van der Waals surface area contributed by atoms with E-state index in [4.69, 9.17) is 30.5 Å². The molecule has 1 atom stereocenters. The Hall–Kier alpha value is -1.98. The van der Waals surface area contributed by atoms with Gasteiger partial charge in [-0.3, -0.25) is 4.79 Å². The normalized spacial score (nSPS) is 18.9. The van der Waals surface area contributed by atoms with E-state index in [9.17, 15) is 4.79 Å². The number of benzene rings is 1. The second kappa shape index (κ2) is 10.4. The molecule has 1 unspecified atom stereocenters. The van der Waals surface area contributed by atoms with Crippen LogP contribution in [0, 0.1) is 6.92 Å². The van der Waals surface area contributed by atoms with Crippen molar-refractivity contribution in [2.45, 2.75) is 59.0 Å². The quantitative estimate of drug-likeness (QED) is 0.332. The van der Waals surface area contributed by atoms with E-state index in [0.717, 1.165) is 30.4 Å². The summed E-state index contributed by atoms with van der Waals surface area (Å²) in [6.45, 7) is 8.26. The Labute approximate surface area is 185 Å². The highest BCUT2D eigenvalue weighted by atomic mass is 35.5. The maximum absolute atomic E-state index is 13.8. The molecule has 2 rings (SSSR count). The first-order valence-corrected chi connectivity index (χ1v) is 10.7. The molecule has 0 fully saturated rings. The van der Waals surface area contributed by atoms with E-state index in [1.54, 1.807) is 20.3 Å². The number of hydrogen-bond acceptors (Lipinski definition) is 5. The van der Waals surface area contributed by atoms with Crippen LogP contribution < -0.4 is 14.2 Å². The van der Waals surface area contributed by atoms with Crippen LogP contribution in [0.4, 0.5) is 0 Å². The Balaban J connectivity index is 2.63. The van der Waals surface area contributed by atoms with Crippen molar-refractivity contribution in [2.75, 3.05) is 27.9 Å². The number of methoxy groups -OCH3 is 3. The number of unbranched alkanes of at least 4 members (excludes halogenated alkanes) is 2. The summed E-state index contributed by atoms with van der Waals surface area (Å²) < 4.78 is 22.9. The summed E-state index contributed by atoms with van der Waals surface area (Å²) in [6.07, 6.45) is 5.60. The smallest absolute Gasteiger partial charge is 0.204 e. The van der Waals surface area contributed by atoms with Gasteiger partial charge in [-0.2, -0.15) is 0 Å². The van der Waals surface area contributed by atoms with Crippen molar-refractivity contribution in [3.8, 4) is 17.2 Å². The van der Waals surface area contributed by atoms with E-state index >= 15 is 0 Å². The highest BCUT2D eigenvalue weighted by molar-refractivity contribution is 6.36. The van der Waals surface area contributed by atoms with Crippen LogP contribution in [-0.2, 0) is 4.74 Å². The van der Waals surface area contributed by atoms with Crippen LogP contribution in [-0.4, -0.2) is 39.3 Å². The van der Waals surface area contributed by atoms with E-state index in [2.05, 4.69) is 6.92 Å². The van der Waals surface area contributed by atoms with Crippen molar-refractivity contribution >= 4 is 17.4 Å². The zero-order valence-corrected chi connectivity index (χ0v) is 19.9. The molecule has 0 radical (unpaired) electrons. The van der Waals surface area contributed by atoms with Crippen LogP contribution >= 0.6 is 11.6 Å². The molecule has 30 heavy (non-hydrogen) atoms. The Bertz CT molecular complexity index is 856. The first kappa shape index (κ1) is 24.3. The number of carbonyl (C=O) groups is 1. The van der Waals surface area contributed by atoms with Gasteiger partial charge in [0.2, 0.25) is 5.75 Å². The number of Topliss-reactive ketones (excluding diaryl/α,β-unsaturated/α-hetero) is 1. The predicted molar refractivity (Wildman–Crippen MR) is 120 cm³/mol. The molecule has 0 aromatic heterocycles. The number of allylic oxidation sites excluding steroid dienone is 2. The van der Waals surface area contributed by atoms with Crippen molar-refractivity contribution in [3.63, 3.8) is 0 Å². The van der Waals surface area contributed by atoms with E-state index in [-0.39, 0.29) is 5.78 Å². The molecule has 0 amide bonds. The molecular formula is C24H33ClO5. The summed E-state index contributed by atoms with van der Waals surface area (Å²) in [7, 11) is 4.69.